The van der Waals surface area contributed by atoms with E-state index in [9.17, 15) is 22.8 Å². The fourth-order valence-electron chi connectivity index (χ4n) is 2.80. The Morgan fingerprint density at radius 2 is 1.90 bits per heavy atom. The summed E-state index contributed by atoms with van der Waals surface area (Å²) in [5.74, 6) is -1.81. The van der Waals surface area contributed by atoms with Gasteiger partial charge in [-0.3, -0.25) is 9.59 Å². The van der Waals surface area contributed by atoms with Crippen LogP contribution in [-0.2, 0) is 9.53 Å². The first kappa shape index (κ1) is 21.2. The molecule has 5 nitrogen and oxygen atoms in total. The van der Waals surface area contributed by atoms with E-state index >= 15 is 0 Å². The van der Waals surface area contributed by atoms with Crippen molar-refractivity contribution in [3.8, 4) is 0 Å². The van der Waals surface area contributed by atoms with Gasteiger partial charge in [0.15, 0.2) is 0 Å². The third kappa shape index (κ3) is 6.23. The summed E-state index contributed by atoms with van der Waals surface area (Å²) < 4.78 is 42.9. The molecule has 0 spiro atoms. The topological polar surface area (TPSA) is 67.4 Å². The van der Waals surface area contributed by atoms with Crippen molar-refractivity contribution in [3.05, 3.63) is 54.1 Å². The van der Waals surface area contributed by atoms with Gasteiger partial charge in [0.2, 0.25) is 0 Å². The monoisotopic (exact) mass is 424 g/mol. The van der Waals surface area contributed by atoms with Crippen LogP contribution in [0, 0.1) is 0 Å². The van der Waals surface area contributed by atoms with Crippen LogP contribution >= 0.6 is 11.8 Å². The fourth-order valence-corrected chi connectivity index (χ4v) is 3.56. The molecule has 1 aliphatic heterocycles. The van der Waals surface area contributed by atoms with Crippen LogP contribution in [0.25, 0.3) is 0 Å². The average molecular weight is 424 g/mol. The number of carbonyl (C=O) groups excluding carboxylic acids is 2. The number of alkyl halides is 3. The second-order valence-corrected chi connectivity index (χ2v) is 7.44. The van der Waals surface area contributed by atoms with Crippen molar-refractivity contribution in [2.45, 2.75) is 30.0 Å². The first-order valence-electron chi connectivity index (χ1n) is 8.94. The Bertz CT molecular complexity index is 883. The zero-order valence-electron chi connectivity index (χ0n) is 15.3. The zero-order chi connectivity index (χ0) is 20.9. The molecule has 0 aromatic heterocycles. The van der Waals surface area contributed by atoms with Crippen molar-refractivity contribution in [1.82, 2.24) is 0 Å². The molecule has 154 valence electrons. The van der Waals surface area contributed by atoms with Gasteiger partial charge in [-0.1, -0.05) is 18.2 Å². The van der Waals surface area contributed by atoms with Crippen molar-refractivity contribution in [3.63, 3.8) is 0 Å². The molecule has 0 saturated carbocycles. The third-order valence-electron chi connectivity index (χ3n) is 4.14. The van der Waals surface area contributed by atoms with Crippen LogP contribution in [0.3, 0.4) is 0 Å². The predicted octanol–water partition coefficient (Wildman–Crippen LogP) is 4.71. The highest BCUT2D eigenvalue weighted by Gasteiger charge is 2.28. The summed E-state index contributed by atoms with van der Waals surface area (Å²) in [4.78, 5) is 25.1. The molecular weight excluding hydrogens is 405 g/mol. The first-order chi connectivity index (χ1) is 13.8. The Labute approximate surface area is 170 Å². The number of halogens is 3. The molecule has 29 heavy (non-hydrogen) atoms. The SMILES string of the molecule is O=C(Nc1ccccc1SCC(F)(F)F)c1cccc(NC(=O)C2CCCO2)c1. The number of para-hydroxylation sites is 1. The Hall–Kier alpha value is -2.52. The number of rotatable bonds is 6. The summed E-state index contributed by atoms with van der Waals surface area (Å²) in [5, 5.41) is 5.35. The Morgan fingerprint density at radius 1 is 1.10 bits per heavy atom. The molecule has 1 aliphatic rings. The third-order valence-corrected chi connectivity index (χ3v) is 5.28. The van der Waals surface area contributed by atoms with E-state index in [2.05, 4.69) is 10.6 Å². The van der Waals surface area contributed by atoms with Gasteiger partial charge >= 0.3 is 6.18 Å². The quantitative estimate of drug-likeness (QED) is 0.659. The van der Waals surface area contributed by atoms with E-state index in [1.54, 1.807) is 36.4 Å². The minimum Gasteiger partial charge on any atom is -0.368 e. The summed E-state index contributed by atoms with van der Waals surface area (Å²) in [6.07, 6.45) is -3.33. The molecule has 1 fully saturated rings. The van der Waals surface area contributed by atoms with Crippen LogP contribution in [0.2, 0.25) is 0 Å². The number of ether oxygens (including phenoxy) is 1. The van der Waals surface area contributed by atoms with Crippen LogP contribution in [0.4, 0.5) is 24.5 Å². The van der Waals surface area contributed by atoms with E-state index in [1.165, 1.54) is 12.1 Å². The second-order valence-electron chi connectivity index (χ2n) is 6.43. The maximum atomic E-state index is 12.6. The molecule has 2 N–H and O–H groups in total. The molecule has 1 saturated heterocycles. The molecule has 2 amide bonds. The number of hydrogen-bond donors (Lipinski definition) is 2. The standard InChI is InChI=1S/C20H19F3N2O3S/c21-20(22,23)12-29-17-9-2-1-7-15(17)25-18(26)13-5-3-6-14(11-13)24-19(27)16-8-4-10-28-16/h1-3,5-7,9,11,16H,4,8,10,12H2,(H,24,27)(H,25,26). The number of benzene rings is 2. The van der Waals surface area contributed by atoms with E-state index < -0.39 is 23.9 Å². The van der Waals surface area contributed by atoms with Crippen LogP contribution in [0.1, 0.15) is 23.2 Å². The lowest BCUT2D eigenvalue weighted by Crippen LogP contribution is -2.27. The van der Waals surface area contributed by atoms with Crippen LogP contribution in [-0.4, -0.2) is 36.5 Å². The Balaban J connectivity index is 1.67. The van der Waals surface area contributed by atoms with Gasteiger partial charge in [0, 0.05) is 22.8 Å². The summed E-state index contributed by atoms with van der Waals surface area (Å²) in [6, 6.07) is 12.6. The fraction of sp³-hybridized carbons (Fsp3) is 0.300. The van der Waals surface area contributed by atoms with E-state index in [1.807, 2.05) is 0 Å². The maximum absolute atomic E-state index is 12.6. The molecule has 2 aromatic rings. The Morgan fingerprint density at radius 3 is 2.62 bits per heavy atom. The van der Waals surface area contributed by atoms with E-state index in [4.69, 9.17) is 4.74 Å². The average Bonchev–Trinajstić information content (AvgIpc) is 3.22. The van der Waals surface area contributed by atoms with Gasteiger partial charge in [-0.2, -0.15) is 13.2 Å². The molecular formula is C20H19F3N2O3S. The molecule has 2 aromatic carbocycles. The number of thioether (sulfide) groups is 1. The minimum atomic E-state index is -4.31. The highest BCUT2D eigenvalue weighted by Crippen LogP contribution is 2.32. The van der Waals surface area contributed by atoms with Gasteiger partial charge in [-0.15, -0.1) is 11.8 Å². The number of hydrogen-bond acceptors (Lipinski definition) is 4. The molecule has 9 heteroatoms. The molecule has 0 radical (unpaired) electrons. The van der Waals surface area contributed by atoms with Crippen LogP contribution in [0.5, 0.6) is 0 Å². The number of carbonyl (C=O) groups is 2. The zero-order valence-corrected chi connectivity index (χ0v) is 16.1. The largest absolute Gasteiger partial charge is 0.398 e. The van der Waals surface area contributed by atoms with Gasteiger partial charge in [0.05, 0.1) is 11.4 Å². The van der Waals surface area contributed by atoms with E-state index in [-0.39, 0.29) is 11.5 Å². The lowest BCUT2D eigenvalue weighted by Gasteiger charge is -2.13. The maximum Gasteiger partial charge on any atom is 0.398 e. The van der Waals surface area contributed by atoms with Crippen molar-refractivity contribution < 1.29 is 27.5 Å². The minimum absolute atomic E-state index is 0.269. The highest BCUT2D eigenvalue weighted by atomic mass is 32.2. The van der Waals surface area contributed by atoms with Crippen molar-refractivity contribution in [2.75, 3.05) is 23.0 Å². The summed E-state index contributed by atoms with van der Waals surface area (Å²) in [6.45, 7) is 0.548. The van der Waals surface area contributed by atoms with Crippen LogP contribution < -0.4 is 10.6 Å². The molecule has 1 atom stereocenters. The van der Waals surface area contributed by atoms with Gasteiger partial charge in [-0.05, 0) is 43.2 Å². The van der Waals surface area contributed by atoms with Gasteiger partial charge in [0.1, 0.15) is 6.10 Å². The summed E-state index contributed by atoms with van der Waals surface area (Å²) in [5.41, 5.74) is 1.00. The molecule has 0 bridgehead atoms. The summed E-state index contributed by atoms with van der Waals surface area (Å²) >= 11 is 0.606. The van der Waals surface area contributed by atoms with Crippen molar-refractivity contribution in [1.29, 1.82) is 0 Å². The second kappa shape index (κ2) is 9.32. The lowest BCUT2D eigenvalue weighted by atomic mass is 10.1. The molecule has 1 heterocycles. The first-order valence-corrected chi connectivity index (χ1v) is 9.93. The predicted molar refractivity (Wildman–Crippen MR) is 105 cm³/mol. The van der Waals surface area contributed by atoms with Gasteiger partial charge in [0.25, 0.3) is 11.8 Å². The summed E-state index contributed by atoms with van der Waals surface area (Å²) in [7, 11) is 0. The molecule has 0 aliphatic carbocycles. The number of amides is 2. The van der Waals surface area contributed by atoms with E-state index in [0.717, 1.165) is 6.42 Å². The Kier molecular flexibility index (Phi) is 6.81. The molecule has 1 unspecified atom stereocenters. The highest BCUT2D eigenvalue weighted by molar-refractivity contribution is 7.99. The van der Waals surface area contributed by atoms with E-state index in [0.29, 0.717) is 41.1 Å². The normalized spacial score (nSPS) is 16.4. The van der Waals surface area contributed by atoms with Gasteiger partial charge in [-0.25, -0.2) is 0 Å². The number of anilines is 2. The smallest absolute Gasteiger partial charge is 0.368 e. The number of nitrogens with one attached hydrogen (secondary N) is 2. The van der Waals surface area contributed by atoms with Crippen molar-refractivity contribution in [2.24, 2.45) is 0 Å². The van der Waals surface area contributed by atoms with Gasteiger partial charge < -0.3 is 15.4 Å². The lowest BCUT2D eigenvalue weighted by molar-refractivity contribution is -0.124. The van der Waals surface area contributed by atoms with Crippen molar-refractivity contribution >= 4 is 35.0 Å². The van der Waals surface area contributed by atoms with Crippen LogP contribution in [0.15, 0.2) is 53.4 Å². The molecule has 3 rings (SSSR count).